The number of methoxy groups -OCH3 is 1. The van der Waals surface area contributed by atoms with E-state index in [4.69, 9.17) is 9.47 Å². The third kappa shape index (κ3) is 4.82. The highest BCUT2D eigenvalue weighted by molar-refractivity contribution is 6.14. The van der Waals surface area contributed by atoms with Gasteiger partial charge in [0.05, 0.1) is 12.8 Å². The van der Waals surface area contributed by atoms with Crippen LogP contribution in [0.4, 0.5) is 5.69 Å². The zero-order chi connectivity index (χ0) is 20.6. The molecule has 0 bridgehead atoms. The van der Waals surface area contributed by atoms with Crippen LogP contribution in [0.25, 0.3) is 0 Å². The summed E-state index contributed by atoms with van der Waals surface area (Å²) in [7, 11) is 1.55. The number of hydrogen-bond donors (Lipinski definition) is 1. The van der Waals surface area contributed by atoms with E-state index < -0.39 is 6.10 Å². The molecule has 0 aliphatic heterocycles. The van der Waals surface area contributed by atoms with E-state index in [1.54, 1.807) is 55.6 Å². The quantitative estimate of drug-likeness (QED) is 0.566. The second kappa shape index (κ2) is 9.55. The van der Waals surface area contributed by atoms with Crippen LogP contribution >= 0.6 is 0 Å². The highest BCUT2D eigenvalue weighted by Gasteiger charge is 2.22. The molecule has 3 aromatic rings. The minimum atomic E-state index is -0.730. The fourth-order valence-electron chi connectivity index (χ4n) is 2.94. The molecule has 3 aromatic carbocycles. The zero-order valence-corrected chi connectivity index (χ0v) is 16.4. The van der Waals surface area contributed by atoms with Crippen molar-refractivity contribution in [1.82, 2.24) is 0 Å². The smallest absolute Gasteiger partial charge is 0.265 e. The monoisotopic (exact) mass is 389 g/mol. The van der Waals surface area contributed by atoms with Crippen molar-refractivity contribution in [1.29, 1.82) is 0 Å². The summed E-state index contributed by atoms with van der Waals surface area (Å²) < 4.78 is 11.2. The molecule has 5 nitrogen and oxygen atoms in total. The van der Waals surface area contributed by atoms with Crippen LogP contribution < -0.4 is 14.8 Å². The Bertz CT molecular complexity index is 985. The molecule has 1 atom stereocenters. The molecule has 0 heterocycles. The number of nitrogens with one attached hydrogen (secondary N) is 1. The Morgan fingerprint density at radius 1 is 0.862 bits per heavy atom. The third-order valence-corrected chi connectivity index (χ3v) is 4.47. The summed E-state index contributed by atoms with van der Waals surface area (Å²) in [6.45, 7) is 1.86. The maximum Gasteiger partial charge on any atom is 0.265 e. The van der Waals surface area contributed by atoms with Gasteiger partial charge in [0, 0.05) is 11.1 Å². The predicted octanol–water partition coefficient (Wildman–Crippen LogP) is 4.72. The number of anilines is 1. The molecule has 29 heavy (non-hydrogen) atoms. The molecule has 0 fully saturated rings. The molecule has 0 unspecified atom stereocenters. The Balaban J connectivity index is 1.80. The molecule has 0 saturated heterocycles. The van der Waals surface area contributed by atoms with Gasteiger partial charge in [0.2, 0.25) is 0 Å². The van der Waals surface area contributed by atoms with Crippen molar-refractivity contribution in [2.45, 2.75) is 19.4 Å². The van der Waals surface area contributed by atoms with E-state index in [9.17, 15) is 9.59 Å². The first-order valence-electron chi connectivity index (χ1n) is 9.43. The van der Waals surface area contributed by atoms with Gasteiger partial charge in [-0.1, -0.05) is 61.5 Å². The van der Waals surface area contributed by atoms with Gasteiger partial charge < -0.3 is 14.8 Å². The standard InChI is InChI=1S/C24H23NO4/c1-3-20(29-22-16-10-9-15-21(22)28-2)24(27)25-19-14-8-7-13-18(19)23(26)17-11-5-4-6-12-17/h4-16,20H,3H2,1-2H3,(H,25,27)/t20-/m1/s1. The van der Waals surface area contributed by atoms with Gasteiger partial charge in [-0.15, -0.1) is 0 Å². The van der Waals surface area contributed by atoms with Crippen molar-refractivity contribution in [2.24, 2.45) is 0 Å². The number of hydrogen-bond acceptors (Lipinski definition) is 4. The molecule has 3 rings (SSSR count). The Labute approximate surface area is 170 Å². The summed E-state index contributed by atoms with van der Waals surface area (Å²) in [6.07, 6.45) is -0.273. The Hall–Kier alpha value is -3.60. The van der Waals surface area contributed by atoms with E-state index in [1.807, 2.05) is 37.3 Å². The van der Waals surface area contributed by atoms with E-state index >= 15 is 0 Å². The second-order valence-corrected chi connectivity index (χ2v) is 6.40. The molecule has 5 heteroatoms. The van der Waals surface area contributed by atoms with E-state index in [0.29, 0.717) is 34.7 Å². The zero-order valence-electron chi connectivity index (χ0n) is 16.4. The largest absolute Gasteiger partial charge is 0.493 e. The van der Waals surface area contributed by atoms with Crippen LogP contribution in [0, 0.1) is 0 Å². The number of ketones is 1. The number of para-hydroxylation sites is 3. The van der Waals surface area contributed by atoms with Gasteiger partial charge in [-0.05, 0) is 30.7 Å². The molecule has 0 aliphatic rings. The lowest BCUT2D eigenvalue weighted by Gasteiger charge is -2.19. The van der Waals surface area contributed by atoms with Gasteiger partial charge >= 0.3 is 0 Å². The topological polar surface area (TPSA) is 64.6 Å². The predicted molar refractivity (Wildman–Crippen MR) is 113 cm³/mol. The summed E-state index contributed by atoms with van der Waals surface area (Å²) in [4.78, 5) is 25.7. The lowest BCUT2D eigenvalue weighted by molar-refractivity contribution is -0.122. The molecule has 1 amide bonds. The molecule has 0 radical (unpaired) electrons. The van der Waals surface area contributed by atoms with Crippen LogP contribution in [0.2, 0.25) is 0 Å². The SMILES string of the molecule is CC[C@@H](Oc1ccccc1OC)C(=O)Nc1ccccc1C(=O)c1ccccc1. The number of benzene rings is 3. The van der Waals surface area contributed by atoms with E-state index in [-0.39, 0.29) is 11.7 Å². The highest BCUT2D eigenvalue weighted by atomic mass is 16.5. The van der Waals surface area contributed by atoms with Crippen LogP contribution in [0.1, 0.15) is 29.3 Å². The van der Waals surface area contributed by atoms with Gasteiger partial charge in [-0.25, -0.2) is 0 Å². The summed E-state index contributed by atoms with van der Waals surface area (Å²) in [5.74, 6) is 0.566. The Kier molecular flexibility index (Phi) is 6.63. The molecule has 0 saturated carbocycles. The number of ether oxygens (including phenoxy) is 2. The van der Waals surface area contributed by atoms with E-state index in [1.165, 1.54) is 0 Å². The molecular weight excluding hydrogens is 366 g/mol. The molecule has 148 valence electrons. The van der Waals surface area contributed by atoms with Crippen molar-refractivity contribution < 1.29 is 19.1 Å². The minimum Gasteiger partial charge on any atom is -0.493 e. The first kappa shape index (κ1) is 20.1. The molecule has 0 aliphatic carbocycles. The minimum absolute atomic E-state index is 0.153. The summed E-state index contributed by atoms with van der Waals surface area (Å²) in [6, 6.07) is 23.1. The van der Waals surface area contributed by atoms with Gasteiger partial charge in [0.25, 0.3) is 5.91 Å². The lowest BCUT2D eigenvalue weighted by atomic mass is 10.0. The molecule has 0 aromatic heterocycles. The average molecular weight is 389 g/mol. The maximum atomic E-state index is 12.9. The van der Waals surface area contributed by atoms with Gasteiger partial charge in [0.15, 0.2) is 23.4 Å². The van der Waals surface area contributed by atoms with Gasteiger partial charge in [0.1, 0.15) is 0 Å². The number of rotatable bonds is 8. The van der Waals surface area contributed by atoms with E-state index in [2.05, 4.69) is 5.32 Å². The van der Waals surface area contributed by atoms with Crippen LogP contribution in [0.3, 0.4) is 0 Å². The van der Waals surface area contributed by atoms with Crippen molar-refractivity contribution >= 4 is 17.4 Å². The second-order valence-electron chi connectivity index (χ2n) is 6.40. The van der Waals surface area contributed by atoms with Gasteiger partial charge in [-0.3, -0.25) is 9.59 Å². The summed E-state index contributed by atoms with van der Waals surface area (Å²) in [5.41, 5.74) is 1.44. The van der Waals surface area contributed by atoms with Crippen molar-refractivity contribution in [3.05, 3.63) is 90.0 Å². The maximum absolute atomic E-state index is 12.9. The fourth-order valence-corrected chi connectivity index (χ4v) is 2.94. The number of carbonyl (C=O) groups excluding carboxylic acids is 2. The van der Waals surface area contributed by atoms with Crippen LogP contribution in [-0.2, 0) is 4.79 Å². The summed E-state index contributed by atoms with van der Waals surface area (Å²) in [5, 5.41) is 2.84. The van der Waals surface area contributed by atoms with Crippen LogP contribution in [0.5, 0.6) is 11.5 Å². The molecule has 0 spiro atoms. The number of amides is 1. The Morgan fingerprint density at radius 3 is 2.17 bits per heavy atom. The lowest BCUT2D eigenvalue weighted by Crippen LogP contribution is -2.33. The van der Waals surface area contributed by atoms with Crippen LogP contribution in [0.15, 0.2) is 78.9 Å². The van der Waals surface area contributed by atoms with E-state index in [0.717, 1.165) is 0 Å². The van der Waals surface area contributed by atoms with Crippen LogP contribution in [-0.4, -0.2) is 24.9 Å². The normalized spacial score (nSPS) is 11.4. The van der Waals surface area contributed by atoms with Crippen molar-refractivity contribution in [3.63, 3.8) is 0 Å². The first-order valence-corrected chi connectivity index (χ1v) is 9.43. The molecular formula is C24H23NO4. The van der Waals surface area contributed by atoms with Crippen molar-refractivity contribution in [2.75, 3.05) is 12.4 Å². The highest BCUT2D eigenvalue weighted by Crippen LogP contribution is 2.28. The van der Waals surface area contributed by atoms with Gasteiger partial charge in [-0.2, -0.15) is 0 Å². The molecule has 1 N–H and O–H groups in total. The average Bonchev–Trinajstić information content (AvgIpc) is 2.78. The Morgan fingerprint density at radius 2 is 1.48 bits per heavy atom. The summed E-state index contributed by atoms with van der Waals surface area (Å²) >= 11 is 0. The third-order valence-electron chi connectivity index (χ3n) is 4.47. The first-order chi connectivity index (χ1) is 14.1. The fraction of sp³-hybridized carbons (Fsp3) is 0.167. The van der Waals surface area contributed by atoms with Crippen molar-refractivity contribution in [3.8, 4) is 11.5 Å². The number of carbonyl (C=O) groups is 2.